The number of hydrogen-bond acceptors (Lipinski definition) is 4. The highest BCUT2D eigenvalue weighted by Gasteiger charge is 2.04. The van der Waals surface area contributed by atoms with Gasteiger partial charge in [0.05, 0.1) is 14.2 Å². The molecule has 0 aliphatic heterocycles. The summed E-state index contributed by atoms with van der Waals surface area (Å²) < 4.78 is 15.4. The van der Waals surface area contributed by atoms with Gasteiger partial charge >= 0.3 is 6.09 Å². The van der Waals surface area contributed by atoms with Gasteiger partial charge in [0.25, 0.3) is 0 Å². The number of benzene rings is 2. The highest BCUT2D eigenvalue weighted by molar-refractivity contribution is 5.67. The van der Waals surface area contributed by atoms with Crippen molar-refractivity contribution >= 4 is 6.09 Å². The second-order valence-corrected chi connectivity index (χ2v) is 4.63. The van der Waals surface area contributed by atoms with Gasteiger partial charge in [0, 0.05) is 6.54 Å². The molecule has 0 aliphatic rings. The van der Waals surface area contributed by atoms with E-state index in [9.17, 15) is 4.79 Å². The first-order valence-electron chi connectivity index (χ1n) is 6.88. The van der Waals surface area contributed by atoms with Crippen LogP contribution in [0.1, 0.15) is 11.1 Å². The van der Waals surface area contributed by atoms with Crippen molar-refractivity contribution in [1.82, 2.24) is 5.32 Å². The van der Waals surface area contributed by atoms with E-state index in [-0.39, 0.29) is 6.61 Å². The quantitative estimate of drug-likeness (QED) is 0.890. The molecule has 0 unspecified atom stereocenters. The van der Waals surface area contributed by atoms with Gasteiger partial charge in [-0.3, -0.25) is 0 Å². The zero-order valence-corrected chi connectivity index (χ0v) is 12.7. The number of amides is 1. The molecule has 0 fully saturated rings. The smallest absolute Gasteiger partial charge is 0.407 e. The number of carbonyl (C=O) groups is 1. The molecule has 0 spiro atoms. The fourth-order valence-corrected chi connectivity index (χ4v) is 1.88. The molecule has 116 valence electrons. The lowest BCUT2D eigenvalue weighted by molar-refractivity contribution is 0.139. The van der Waals surface area contributed by atoms with Gasteiger partial charge in [-0.05, 0) is 35.4 Å². The van der Waals surface area contributed by atoms with Gasteiger partial charge in [-0.1, -0.05) is 24.3 Å². The van der Waals surface area contributed by atoms with E-state index in [2.05, 4.69) is 5.32 Å². The Morgan fingerprint density at radius 3 is 2.36 bits per heavy atom. The van der Waals surface area contributed by atoms with Crippen molar-refractivity contribution in [2.75, 3.05) is 14.2 Å². The number of alkyl carbamates (subject to hydrolysis) is 1. The van der Waals surface area contributed by atoms with Crippen LogP contribution < -0.4 is 14.8 Å². The summed E-state index contributed by atoms with van der Waals surface area (Å²) in [6.07, 6.45) is -0.460. The minimum absolute atomic E-state index is 0.200. The van der Waals surface area contributed by atoms with Crippen LogP contribution in [-0.4, -0.2) is 20.3 Å². The number of hydrogen-bond donors (Lipinski definition) is 1. The summed E-state index contributed by atoms with van der Waals surface area (Å²) in [5.74, 6) is 1.52. The summed E-state index contributed by atoms with van der Waals surface area (Å²) in [5, 5.41) is 2.70. The lowest BCUT2D eigenvalue weighted by Gasteiger charge is -2.08. The van der Waals surface area contributed by atoms with E-state index in [4.69, 9.17) is 14.2 Å². The maximum atomic E-state index is 11.7. The van der Waals surface area contributed by atoms with Crippen LogP contribution in [0.2, 0.25) is 0 Å². The first-order valence-corrected chi connectivity index (χ1v) is 6.88. The summed E-state index contributed by atoms with van der Waals surface area (Å²) in [6.45, 7) is 0.604. The summed E-state index contributed by atoms with van der Waals surface area (Å²) in [6, 6.07) is 14.9. The fraction of sp³-hybridized carbons (Fsp3) is 0.235. The lowest BCUT2D eigenvalue weighted by atomic mass is 10.2. The molecular formula is C17H19NO4. The van der Waals surface area contributed by atoms with Gasteiger partial charge in [-0.15, -0.1) is 0 Å². The number of rotatable bonds is 6. The van der Waals surface area contributed by atoms with E-state index in [0.717, 1.165) is 22.6 Å². The minimum atomic E-state index is -0.460. The van der Waals surface area contributed by atoms with E-state index in [1.54, 1.807) is 14.2 Å². The van der Waals surface area contributed by atoms with Gasteiger partial charge < -0.3 is 19.5 Å². The van der Waals surface area contributed by atoms with Crippen molar-refractivity contribution in [3.8, 4) is 11.5 Å². The molecule has 5 heteroatoms. The highest BCUT2D eigenvalue weighted by Crippen LogP contribution is 2.13. The molecule has 0 saturated heterocycles. The van der Waals surface area contributed by atoms with Crippen LogP contribution in [0.15, 0.2) is 48.5 Å². The number of nitrogens with one attached hydrogen (secondary N) is 1. The summed E-state index contributed by atoms with van der Waals surface area (Å²) in [7, 11) is 3.21. The van der Waals surface area contributed by atoms with Crippen LogP contribution in [0.4, 0.5) is 4.79 Å². The van der Waals surface area contributed by atoms with Crippen LogP contribution in [0.5, 0.6) is 11.5 Å². The predicted molar refractivity (Wildman–Crippen MR) is 83.0 cm³/mol. The van der Waals surface area contributed by atoms with E-state index >= 15 is 0 Å². The largest absolute Gasteiger partial charge is 0.497 e. The fourth-order valence-electron chi connectivity index (χ4n) is 1.88. The van der Waals surface area contributed by atoms with E-state index < -0.39 is 6.09 Å². The Kier molecular flexibility index (Phi) is 5.65. The van der Waals surface area contributed by atoms with Gasteiger partial charge in [0.1, 0.15) is 18.1 Å². The van der Waals surface area contributed by atoms with Crippen LogP contribution in [0, 0.1) is 0 Å². The van der Waals surface area contributed by atoms with E-state index in [1.165, 1.54) is 0 Å². The van der Waals surface area contributed by atoms with Crippen molar-refractivity contribution in [2.45, 2.75) is 13.2 Å². The molecule has 0 radical (unpaired) electrons. The van der Waals surface area contributed by atoms with E-state index in [0.29, 0.717) is 6.54 Å². The maximum Gasteiger partial charge on any atom is 0.407 e. The second kappa shape index (κ2) is 7.93. The molecule has 0 saturated carbocycles. The SMILES string of the molecule is COc1ccc(CNC(=O)OCc2cccc(OC)c2)cc1. The lowest BCUT2D eigenvalue weighted by Crippen LogP contribution is -2.23. The van der Waals surface area contributed by atoms with Gasteiger partial charge in [-0.25, -0.2) is 4.79 Å². The molecule has 1 amide bonds. The average Bonchev–Trinajstić information content (AvgIpc) is 2.58. The van der Waals surface area contributed by atoms with Crippen molar-refractivity contribution in [3.05, 3.63) is 59.7 Å². The first kappa shape index (κ1) is 15.7. The third kappa shape index (κ3) is 4.70. The number of carbonyl (C=O) groups excluding carboxylic acids is 1. The van der Waals surface area contributed by atoms with Gasteiger partial charge in [0.2, 0.25) is 0 Å². The third-order valence-electron chi connectivity index (χ3n) is 3.10. The molecule has 22 heavy (non-hydrogen) atoms. The topological polar surface area (TPSA) is 56.8 Å². The number of methoxy groups -OCH3 is 2. The second-order valence-electron chi connectivity index (χ2n) is 4.63. The minimum Gasteiger partial charge on any atom is -0.497 e. The van der Waals surface area contributed by atoms with Crippen LogP contribution in [0.3, 0.4) is 0 Å². The zero-order valence-electron chi connectivity index (χ0n) is 12.7. The normalized spacial score (nSPS) is 9.91. The van der Waals surface area contributed by atoms with Gasteiger partial charge in [0.15, 0.2) is 0 Å². The molecule has 5 nitrogen and oxygen atoms in total. The molecular weight excluding hydrogens is 282 g/mol. The standard InChI is InChI=1S/C17H19NO4/c1-20-15-8-6-13(7-9-15)11-18-17(19)22-12-14-4-3-5-16(10-14)21-2/h3-10H,11-12H2,1-2H3,(H,18,19). The van der Waals surface area contributed by atoms with E-state index in [1.807, 2.05) is 48.5 Å². The Morgan fingerprint density at radius 1 is 0.955 bits per heavy atom. The third-order valence-corrected chi connectivity index (χ3v) is 3.10. The molecule has 0 aliphatic carbocycles. The molecule has 2 rings (SSSR count). The van der Waals surface area contributed by atoms with Crippen molar-refractivity contribution in [2.24, 2.45) is 0 Å². The molecule has 2 aromatic carbocycles. The summed E-state index contributed by atoms with van der Waals surface area (Å²) >= 11 is 0. The van der Waals surface area contributed by atoms with Crippen LogP contribution in [0.25, 0.3) is 0 Å². The average molecular weight is 301 g/mol. The molecule has 0 heterocycles. The summed E-state index contributed by atoms with van der Waals surface area (Å²) in [4.78, 5) is 11.7. The van der Waals surface area contributed by atoms with Crippen LogP contribution in [-0.2, 0) is 17.9 Å². The van der Waals surface area contributed by atoms with Gasteiger partial charge in [-0.2, -0.15) is 0 Å². The van der Waals surface area contributed by atoms with Crippen LogP contribution >= 0.6 is 0 Å². The highest BCUT2D eigenvalue weighted by atomic mass is 16.5. The van der Waals surface area contributed by atoms with Crippen molar-refractivity contribution in [3.63, 3.8) is 0 Å². The Labute approximate surface area is 129 Å². The molecule has 0 bridgehead atoms. The molecule has 1 N–H and O–H groups in total. The van der Waals surface area contributed by atoms with Crippen molar-refractivity contribution in [1.29, 1.82) is 0 Å². The predicted octanol–water partition coefficient (Wildman–Crippen LogP) is 3.13. The molecule has 2 aromatic rings. The summed E-state index contributed by atoms with van der Waals surface area (Å²) in [5.41, 5.74) is 1.85. The monoisotopic (exact) mass is 301 g/mol. The molecule has 0 atom stereocenters. The van der Waals surface area contributed by atoms with Crippen molar-refractivity contribution < 1.29 is 19.0 Å². The first-order chi connectivity index (χ1) is 10.7. The Hall–Kier alpha value is -2.69. The Balaban J connectivity index is 1.77. The Bertz CT molecular complexity index is 610. The maximum absolute atomic E-state index is 11.7. The zero-order chi connectivity index (χ0) is 15.8. The Morgan fingerprint density at radius 2 is 1.68 bits per heavy atom. The number of ether oxygens (including phenoxy) is 3. The molecule has 0 aromatic heterocycles.